The highest BCUT2D eigenvalue weighted by atomic mass is 16.7. The number of ether oxygens (including phenoxy) is 2. The summed E-state index contributed by atoms with van der Waals surface area (Å²) in [5.41, 5.74) is 0. The van der Waals surface area contributed by atoms with Crippen LogP contribution in [0.15, 0.2) is 11.5 Å². The van der Waals surface area contributed by atoms with Gasteiger partial charge in [-0.25, -0.2) is 0 Å². The number of hydrogen-bond acceptors (Lipinski definition) is 2. The largest absolute Gasteiger partial charge is 0.453 e. The van der Waals surface area contributed by atoms with Crippen molar-refractivity contribution in [3.63, 3.8) is 0 Å². The molecule has 0 atom stereocenters. The summed E-state index contributed by atoms with van der Waals surface area (Å²) in [4.78, 5) is 0. The van der Waals surface area contributed by atoms with E-state index in [2.05, 4.69) is 13.8 Å². The highest BCUT2D eigenvalue weighted by Gasteiger charge is 2.42. The summed E-state index contributed by atoms with van der Waals surface area (Å²) in [6.07, 6.45) is 7.88. The third-order valence-electron chi connectivity index (χ3n) is 3.19. The Morgan fingerprint density at radius 1 is 0.929 bits per heavy atom. The van der Waals surface area contributed by atoms with Crippen LogP contribution in [0.2, 0.25) is 0 Å². The van der Waals surface area contributed by atoms with E-state index in [4.69, 9.17) is 9.47 Å². The van der Waals surface area contributed by atoms with Gasteiger partial charge in [0.25, 0.3) is 5.79 Å². The first-order valence-corrected chi connectivity index (χ1v) is 5.89. The fraction of sp³-hybridized carbons (Fsp3) is 0.833. The van der Waals surface area contributed by atoms with E-state index in [0.717, 1.165) is 37.2 Å². The summed E-state index contributed by atoms with van der Waals surface area (Å²) in [6.45, 7) is 4.27. The lowest BCUT2D eigenvalue weighted by Gasteiger charge is -2.32. The lowest BCUT2D eigenvalue weighted by atomic mass is 9.94. The molecule has 2 heteroatoms. The average Bonchev–Trinajstić information content (AvgIpc) is 2.57. The summed E-state index contributed by atoms with van der Waals surface area (Å²) in [5, 5.41) is 0. The Hall–Kier alpha value is -0.660. The summed E-state index contributed by atoms with van der Waals surface area (Å²) in [5.74, 6) is 1.93. The van der Waals surface area contributed by atoms with Crippen LogP contribution in [0.3, 0.4) is 0 Å². The van der Waals surface area contributed by atoms with E-state index in [1.807, 2.05) is 0 Å². The maximum absolute atomic E-state index is 6.00. The van der Waals surface area contributed by atoms with Gasteiger partial charge in [-0.1, -0.05) is 20.3 Å². The van der Waals surface area contributed by atoms with Crippen molar-refractivity contribution in [2.24, 2.45) is 0 Å². The summed E-state index contributed by atoms with van der Waals surface area (Å²) in [6, 6.07) is 0. The minimum atomic E-state index is -0.255. The Labute approximate surface area is 86.3 Å². The fourth-order valence-electron chi connectivity index (χ4n) is 2.42. The highest BCUT2D eigenvalue weighted by molar-refractivity contribution is 5.08. The molecule has 0 aromatic heterocycles. The molecule has 1 aliphatic carbocycles. The standard InChI is InChI=1S/C12H20O2/c1-3-10-11(4-2)14-12(13-10)8-6-5-7-9-12/h3-9H2,1-2H3. The van der Waals surface area contributed by atoms with Crippen molar-refractivity contribution in [3.8, 4) is 0 Å². The van der Waals surface area contributed by atoms with Gasteiger partial charge in [-0.2, -0.15) is 0 Å². The molecule has 0 radical (unpaired) electrons. The third-order valence-corrected chi connectivity index (χ3v) is 3.19. The molecule has 0 N–H and O–H groups in total. The van der Waals surface area contributed by atoms with Gasteiger partial charge in [0.1, 0.15) is 11.5 Å². The Balaban J connectivity index is 2.07. The molecular formula is C12H20O2. The minimum absolute atomic E-state index is 0.255. The molecule has 0 unspecified atom stereocenters. The van der Waals surface area contributed by atoms with Crippen molar-refractivity contribution in [1.82, 2.24) is 0 Å². The third kappa shape index (κ3) is 1.62. The van der Waals surface area contributed by atoms with E-state index in [1.54, 1.807) is 0 Å². The minimum Gasteiger partial charge on any atom is -0.453 e. The van der Waals surface area contributed by atoms with Crippen LogP contribution in [-0.2, 0) is 9.47 Å². The average molecular weight is 196 g/mol. The molecule has 2 aliphatic rings. The van der Waals surface area contributed by atoms with Crippen LogP contribution in [0, 0.1) is 0 Å². The monoisotopic (exact) mass is 196 g/mol. The van der Waals surface area contributed by atoms with E-state index < -0.39 is 0 Å². The van der Waals surface area contributed by atoms with E-state index in [9.17, 15) is 0 Å². The maximum atomic E-state index is 6.00. The van der Waals surface area contributed by atoms with Crippen molar-refractivity contribution < 1.29 is 9.47 Å². The van der Waals surface area contributed by atoms with Gasteiger partial charge in [0.2, 0.25) is 0 Å². The van der Waals surface area contributed by atoms with Gasteiger partial charge < -0.3 is 9.47 Å². The normalized spacial score (nSPS) is 25.0. The molecule has 14 heavy (non-hydrogen) atoms. The first kappa shape index (κ1) is 9.88. The quantitative estimate of drug-likeness (QED) is 0.670. The first-order chi connectivity index (χ1) is 6.79. The van der Waals surface area contributed by atoms with Crippen molar-refractivity contribution in [2.45, 2.75) is 64.6 Å². The van der Waals surface area contributed by atoms with Crippen LogP contribution in [0.4, 0.5) is 0 Å². The van der Waals surface area contributed by atoms with Crippen LogP contribution in [-0.4, -0.2) is 5.79 Å². The highest BCUT2D eigenvalue weighted by Crippen LogP contribution is 2.43. The second-order valence-electron chi connectivity index (χ2n) is 4.23. The molecule has 2 rings (SSSR count). The predicted octanol–water partition coefficient (Wildman–Crippen LogP) is 3.73. The number of allylic oxidation sites excluding steroid dienone is 2. The number of hydrogen-bond donors (Lipinski definition) is 0. The SMILES string of the molecule is CCC1=C(CC)OC2(CCCCC2)O1. The molecule has 2 nitrogen and oxygen atoms in total. The smallest absolute Gasteiger partial charge is 0.250 e. The van der Waals surface area contributed by atoms with Crippen LogP contribution in [0.1, 0.15) is 58.8 Å². The zero-order valence-electron chi connectivity index (χ0n) is 9.27. The van der Waals surface area contributed by atoms with Crippen molar-refractivity contribution in [1.29, 1.82) is 0 Å². The maximum Gasteiger partial charge on any atom is 0.250 e. The molecule has 1 fully saturated rings. The van der Waals surface area contributed by atoms with E-state index >= 15 is 0 Å². The van der Waals surface area contributed by atoms with Gasteiger partial charge in [-0.3, -0.25) is 0 Å². The van der Waals surface area contributed by atoms with Crippen LogP contribution < -0.4 is 0 Å². The summed E-state index contributed by atoms with van der Waals surface area (Å²) in [7, 11) is 0. The van der Waals surface area contributed by atoms with Gasteiger partial charge in [0.05, 0.1) is 0 Å². The Kier molecular flexibility index (Phi) is 2.71. The topological polar surface area (TPSA) is 18.5 Å². The second kappa shape index (κ2) is 3.84. The fourth-order valence-corrected chi connectivity index (χ4v) is 2.42. The van der Waals surface area contributed by atoms with Gasteiger partial charge in [0, 0.05) is 25.7 Å². The van der Waals surface area contributed by atoms with Gasteiger partial charge in [0.15, 0.2) is 0 Å². The molecule has 0 bridgehead atoms. The zero-order valence-corrected chi connectivity index (χ0v) is 9.27. The Bertz CT molecular complexity index is 219. The summed E-state index contributed by atoms with van der Waals surface area (Å²) >= 11 is 0. The van der Waals surface area contributed by atoms with Crippen LogP contribution in [0.25, 0.3) is 0 Å². The molecular weight excluding hydrogens is 176 g/mol. The van der Waals surface area contributed by atoms with E-state index in [0.29, 0.717) is 0 Å². The van der Waals surface area contributed by atoms with Crippen LogP contribution >= 0.6 is 0 Å². The molecule has 1 spiro atoms. The first-order valence-electron chi connectivity index (χ1n) is 5.89. The van der Waals surface area contributed by atoms with Crippen molar-refractivity contribution in [3.05, 3.63) is 11.5 Å². The Morgan fingerprint density at radius 3 is 1.86 bits per heavy atom. The number of rotatable bonds is 2. The molecule has 0 saturated heterocycles. The molecule has 80 valence electrons. The molecule has 1 heterocycles. The van der Waals surface area contributed by atoms with Gasteiger partial charge >= 0.3 is 0 Å². The summed E-state index contributed by atoms with van der Waals surface area (Å²) < 4.78 is 12.0. The van der Waals surface area contributed by atoms with E-state index in [-0.39, 0.29) is 5.79 Å². The van der Waals surface area contributed by atoms with Crippen molar-refractivity contribution >= 4 is 0 Å². The lowest BCUT2D eigenvalue weighted by Crippen LogP contribution is -2.33. The molecule has 0 aromatic rings. The van der Waals surface area contributed by atoms with Gasteiger partial charge in [-0.05, 0) is 12.8 Å². The van der Waals surface area contributed by atoms with E-state index in [1.165, 1.54) is 19.3 Å². The second-order valence-corrected chi connectivity index (χ2v) is 4.23. The van der Waals surface area contributed by atoms with Crippen LogP contribution in [0.5, 0.6) is 0 Å². The van der Waals surface area contributed by atoms with Crippen molar-refractivity contribution in [2.75, 3.05) is 0 Å². The zero-order chi connectivity index (χ0) is 10.0. The molecule has 1 aliphatic heterocycles. The molecule has 0 amide bonds. The molecule has 0 aromatic carbocycles. The van der Waals surface area contributed by atoms with Gasteiger partial charge in [-0.15, -0.1) is 0 Å². The predicted molar refractivity (Wildman–Crippen MR) is 55.6 cm³/mol. The Morgan fingerprint density at radius 2 is 1.43 bits per heavy atom. The molecule has 1 saturated carbocycles. The lowest BCUT2D eigenvalue weighted by molar-refractivity contribution is -0.175.